The molecule has 3 heterocycles. The molecule has 0 unspecified atom stereocenters. The predicted octanol–water partition coefficient (Wildman–Crippen LogP) is 4.24. The Kier molecular flexibility index (Phi) is 6.72. The number of ether oxygens (including phenoxy) is 1. The van der Waals surface area contributed by atoms with Crippen LogP contribution in [0.3, 0.4) is 0 Å². The van der Waals surface area contributed by atoms with Crippen LogP contribution in [0, 0.1) is 23.7 Å². The highest BCUT2D eigenvalue weighted by atomic mass is 32.2. The number of likely N-dealkylation sites (tertiary alicyclic amines) is 1. The van der Waals surface area contributed by atoms with Crippen molar-refractivity contribution < 1.29 is 19.1 Å². The minimum Gasteiger partial charge on any atom is -0.359 e. The zero-order valence-corrected chi connectivity index (χ0v) is 23.4. The fourth-order valence-corrected chi connectivity index (χ4v) is 7.32. The molecule has 4 aliphatic rings. The van der Waals surface area contributed by atoms with Gasteiger partial charge in [-0.15, -0.1) is 11.8 Å². The molecular formula is C29H39N3O4S. The van der Waals surface area contributed by atoms with E-state index in [1.165, 1.54) is 6.42 Å². The Bertz CT molecular complexity index is 1130. The number of benzene rings is 1. The lowest BCUT2D eigenvalue weighted by atomic mass is 9.73. The number of rotatable bonds is 5. The van der Waals surface area contributed by atoms with Gasteiger partial charge in [-0.1, -0.05) is 44.9 Å². The predicted molar refractivity (Wildman–Crippen MR) is 145 cm³/mol. The second-order valence-corrected chi connectivity index (χ2v) is 13.1. The van der Waals surface area contributed by atoms with Gasteiger partial charge in [-0.2, -0.15) is 0 Å². The number of hydrogen-bond donors (Lipinski definition) is 2. The molecular weight excluding hydrogens is 486 g/mol. The lowest BCUT2D eigenvalue weighted by Crippen LogP contribution is -2.61. The average molecular weight is 526 g/mol. The molecule has 1 aliphatic carbocycles. The fourth-order valence-electron chi connectivity index (χ4n) is 6.87. The summed E-state index contributed by atoms with van der Waals surface area (Å²) >= 11 is 1.60. The van der Waals surface area contributed by atoms with Crippen LogP contribution in [-0.2, 0) is 19.1 Å². The summed E-state index contributed by atoms with van der Waals surface area (Å²) in [6.07, 6.45) is 8.37. The molecule has 7 nitrogen and oxygen atoms in total. The summed E-state index contributed by atoms with van der Waals surface area (Å²) in [5.74, 6) is -1.19. The zero-order valence-electron chi connectivity index (χ0n) is 22.6. The molecule has 3 aliphatic heterocycles. The van der Waals surface area contributed by atoms with Crippen molar-refractivity contribution >= 4 is 35.2 Å². The third kappa shape index (κ3) is 4.30. The number of thioether (sulfide) groups is 1. The Morgan fingerprint density at radius 2 is 1.92 bits per heavy atom. The Hall–Kier alpha value is -2.32. The van der Waals surface area contributed by atoms with Gasteiger partial charge in [-0.3, -0.25) is 14.4 Å². The third-order valence-corrected chi connectivity index (χ3v) is 9.65. The first-order chi connectivity index (χ1) is 17.5. The van der Waals surface area contributed by atoms with Crippen molar-refractivity contribution in [3.8, 4) is 0 Å². The van der Waals surface area contributed by atoms with Gasteiger partial charge in [0.25, 0.3) is 0 Å². The van der Waals surface area contributed by atoms with Crippen LogP contribution in [0.25, 0.3) is 0 Å². The van der Waals surface area contributed by atoms with Crippen molar-refractivity contribution in [2.45, 2.75) is 88.1 Å². The molecule has 5 rings (SSSR count). The molecule has 3 fully saturated rings. The van der Waals surface area contributed by atoms with Crippen LogP contribution in [0.5, 0.6) is 0 Å². The van der Waals surface area contributed by atoms with Crippen LogP contribution in [0.1, 0.15) is 53.9 Å². The molecule has 0 radical (unpaired) electrons. The number of fused-ring (bicyclic) bond motifs is 1. The van der Waals surface area contributed by atoms with Gasteiger partial charge in [0.05, 0.1) is 17.9 Å². The highest BCUT2D eigenvalue weighted by Gasteiger charge is 2.74. The molecule has 2 N–H and O–H groups in total. The maximum Gasteiger partial charge on any atom is 0.246 e. The standard InChI is InChI=1S/C29H39N3O4S/c1-16-9-7-12-20(17(16)2)31-26(34)24-29-14-13-21(36-29)22(23(29)27(35)32(24)28(3,4)5)25(33)30-18-10-8-11-19(15-18)37-6/h8,10-11,13-17,20-24H,7,9,12H2,1-6H3,(H,30,33)(H,31,34)/t16-,17+,20-,21-,22+,23-,24-,29-/m1/s1. The van der Waals surface area contributed by atoms with Crippen LogP contribution >= 0.6 is 11.8 Å². The van der Waals surface area contributed by atoms with Crippen molar-refractivity contribution in [1.82, 2.24) is 10.2 Å². The number of carbonyl (C=O) groups excluding carboxylic acids is 3. The maximum atomic E-state index is 14.1. The molecule has 8 heteroatoms. The minimum absolute atomic E-state index is 0.0639. The van der Waals surface area contributed by atoms with E-state index in [-0.39, 0.29) is 23.8 Å². The smallest absolute Gasteiger partial charge is 0.246 e. The van der Waals surface area contributed by atoms with Gasteiger partial charge in [0, 0.05) is 22.2 Å². The van der Waals surface area contributed by atoms with E-state index in [9.17, 15) is 14.4 Å². The van der Waals surface area contributed by atoms with Crippen molar-refractivity contribution in [3.05, 3.63) is 36.4 Å². The maximum absolute atomic E-state index is 14.1. The van der Waals surface area contributed by atoms with Crippen LogP contribution in [0.4, 0.5) is 5.69 Å². The molecule has 200 valence electrons. The lowest BCUT2D eigenvalue weighted by Gasteiger charge is -2.41. The summed E-state index contributed by atoms with van der Waals surface area (Å²) in [7, 11) is 0. The summed E-state index contributed by atoms with van der Waals surface area (Å²) in [6, 6.07) is 6.88. The van der Waals surface area contributed by atoms with E-state index in [1.807, 2.05) is 63.4 Å². The van der Waals surface area contributed by atoms with Gasteiger partial charge >= 0.3 is 0 Å². The Labute approximate surface area is 224 Å². The second-order valence-electron chi connectivity index (χ2n) is 12.2. The van der Waals surface area contributed by atoms with Gasteiger partial charge in [0.2, 0.25) is 17.7 Å². The monoisotopic (exact) mass is 525 g/mol. The van der Waals surface area contributed by atoms with E-state index in [2.05, 4.69) is 24.5 Å². The first kappa shape index (κ1) is 26.3. The third-order valence-electron chi connectivity index (χ3n) is 8.92. The van der Waals surface area contributed by atoms with Crippen molar-refractivity contribution in [2.24, 2.45) is 23.7 Å². The largest absolute Gasteiger partial charge is 0.359 e. The average Bonchev–Trinajstić information content (AvgIpc) is 3.49. The van der Waals surface area contributed by atoms with Crippen LogP contribution in [0.2, 0.25) is 0 Å². The zero-order chi connectivity index (χ0) is 26.7. The highest BCUT2D eigenvalue weighted by molar-refractivity contribution is 7.98. The summed E-state index contributed by atoms with van der Waals surface area (Å²) in [5, 5.41) is 6.31. The summed E-state index contributed by atoms with van der Waals surface area (Å²) < 4.78 is 6.47. The number of amides is 3. The molecule has 1 saturated carbocycles. The molecule has 3 amide bonds. The summed E-state index contributed by atoms with van der Waals surface area (Å²) in [6.45, 7) is 10.2. The van der Waals surface area contributed by atoms with E-state index in [0.29, 0.717) is 17.5 Å². The Morgan fingerprint density at radius 1 is 1.16 bits per heavy atom. The first-order valence-electron chi connectivity index (χ1n) is 13.4. The number of nitrogens with one attached hydrogen (secondary N) is 2. The first-order valence-corrected chi connectivity index (χ1v) is 14.7. The van der Waals surface area contributed by atoms with Gasteiger partial charge in [0.1, 0.15) is 11.6 Å². The number of nitrogens with zero attached hydrogens (tertiary/aromatic N) is 1. The van der Waals surface area contributed by atoms with E-state index in [0.717, 1.165) is 17.7 Å². The second kappa shape index (κ2) is 9.45. The molecule has 1 spiro atoms. The van der Waals surface area contributed by atoms with E-state index in [4.69, 9.17) is 4.74 Å². The molecule has 1 aromatic rings. The molecule has 2 saturated heterocycles. The minimum atomic E-state index is -1.15. The molecule has 8 atom stereocenters. The van der Waals surface area contributed by atoms with E-state index < -0.39 is 35.1 Å². The Morgan fingerprint density at radius 3 is 2.62 bits per heavy atom. The highest BCUT2D eigenvalue weighted by Crippen LogP contribution is 2.56. The summed E-state index contributed by atoms with van der Waals surface area (Å²) in [4.78, 5) is 44.4. The quantitative estimate of drug-likeness (QED) is 0.444. The number of anilines is 1. The number of carbonyl (C=O) groups is 3. The van der Waals surface area contributed by atoms with Crippen LogP contribution in [-0.4, -0.2) is 58.2 Å². The SMILES string of the molecule is CSc1cccc(NC(=O)[C@H]2[C@H]3C=C[C@@]4(O3)[C@H]2C(=O)N(C(C)(C)C)[C@@H]4C(=O)N[C@@H]2CCC[C@@H](C)[C@@H]2C)c1. The number of hydrogen-bond acceptors (Lipinski definition) is 5. The summed E-state index contributed by atoms with van der Waals surface area (Å²) in [5.41, 5.74) is -1.08. The van der Waals surface area contributed by atoms with Crippen LogP contribution in [0.15, 0.2) is 41.3 Å². The van der Waals surface area contributed by atoms with E-state index in [1.54, 1.807) is 16.7 Å². The van der Waals surface area contributed by atoms with Crippen molar-refractivity contribution in [1.29, 1.82) is 0 Å². The van der Waals surface area contributed by atoms with Crippen molar-refractivity contribution in [2.75, 3.05) is 11.6 Å². The molecule has 37 heavy (non-hydrogen) atoms. The molecule has 0 aromatic heterocycles. The Balaban J connectivity index is 1.45. The van der Waals surface area contributed by atoms with Gasteiger partial charge in [0.15, 0.2) is 0 Å². The topological polar surface area (TPSA) is 87.7 Å². The van der Waals surface area contributed by atoms with Gasteiger partial charge < -0.3 is 20.3 Å². The van der Waals surface area contributed by atoms with Crippen LogP contribution < -0.4 is 10.6 Å². The fraction of sp³-hybridized carbons (Fsp3) is 0.621. The molecule has 1 aromatic carbocycles. The lowest BCUT2D eigenvalue weighted by molar-refractivity contribution is -0.147. The van der Waals surface area contributed by atoms with Gasteiger partial charge in [-0.05, 0) is 63.5 Å². The van der Waals surface area contributed by atoms with Gasteiger partial charge in [-0.25, -0.2) is 0 Å². The van der Waals surface area contributed by atoms with Crippen molar-refractivity contribution in [3.63, 3.8) is 0 Å². The normalized spacial score (nSPS) is 36.5. The van der Waals surface area contributed by atoms with E-state index >= 15 is 0 Å². The molecule has 2 bridgehead atoms.